The lowest BCUT2D eigenvalue weighted by molar-refractivity contribution is -0.143. The van der Waals surface area contributed by atoms with Gasteiger partial charge in [0, 0.05) is 25.2 Å². The van der Waals surface area contributed by atoms with Gasteiger partial charge in [0.25, 0.3) is 0 Å². The van der Waals surface area contributed by atoms with Crippen molar-refractivity contribution in [1.82, 2.24) is 4.90 Å². The van der Waals surface area contributed by atoms with Crippen LogP contribution in [0.4, 0.5) is 4.79 Å². The van der Waals surface area contributed by atoms with Crippen molar-refractivity contribution in [3.8, 4) is 0 Å². The smallest absolute Gasteiger partial charge is 0.410 e. The van der Waals surface area contributed by atoms with Crippen molar-refractivity contribution in [2.24, 2.45) is 5.92 Å². The van der Waals surface area contributed by atoms with Gasteiger partial charge in [-0.25, -0.2) is 4.79 Å². The van der Waals surface area contributed by atoms with E-state index in [1.807, 2.05) is 0 Å². The van der Waals surface area contributed by atoms with Crippen molar-refractivity contribution in [3.63, 3.8) is 0 Å². The molecular weight excluding hydrogens is 236 g/mol. The van der Waals surface area contributed by atoms with Crippen LogP contribution in [0.25, 0.3) is 0 Å². The van der Waals surface area contributed by atoms with Gasteiger partial charge in [-0.2, -0.15) is 0 Å². The Morgan fingerprint density at radius 1 is 1.39 bits per heavy atom. The Balaban J connectivity index is 2.67. The minimum absolute atomic E-state index is 0.153. The van der Waals surface area contributed by atoms with Gasteiger partial charge in [0.1, 0.15) is 11.5 Å². The summed E-state index contributed by atoms with van der Waals surface area (Å²) in [6.45, 7) is 5.92. The number of nitrogens with zero attached hydrogens (tertiary/aromatic N) is 1. The van der Waals surface area contributed by atoms with Gasteiger partial charge < -0.3 is 19.8 Å². The Kier molecular flexibility index (Phi) is 4.32. The molecular formula is C12H20N2O4. The van der Waals surface area contributed by atoms with Gasteiger partial charge in [-0.05, 0) is 20.8 Å². The van der Waals surface area contributed by atoms with Gasteiger partial charge in [-0.15, -0.1) is 0 Å². The Bertz CT molecular complexity index is 352. The summed E-state index contributed by atoms with van der Waals surface area (Å²) in [5, 5.41) is 7.71. The monoisotopic (exact) mass is 256 g/mol. The van der Waals surface area contributed by atoms with Crippen LogP contribution in [0.1, 0.15) is 27.2 Å². The number of amides is 1. The molecule has 1 rings (SSSR count). The molecule has 6 heteroatoms. The van der Waals surface area contributed by atoms with Crippen molar-refractivity contribution in [2.75, 3.05) is 20.2 Å². The lowest BCUT2D eigenvalue weighted by Crippen LogP contribution is -2.48. The zero-order chi connectivity index (χ0) is 13.9. The second-order valence-corrected chi connectivity index (χ2v) is 5.28. The highest BCUT2D eigenvalue weighted by molar-refractivity contribution is 6.02. The van der Waals surface area contributed by atoms with Crippen LogP contribution in [0.15, 0.2) is 0 Å². The molecule has 0 bridgehead atoms. The molecule has 1 aliphatic heterocycles. The largest absolute Gasteiger partial charge is 0.468 e. The first-order valence-corrected chi connectivity index (χ1v) is 5.87. The van der Waals surface area contributed by atoms with Crippen molar-refractivity contribution < 1.29 is 19.1 Å². The average molecular weight is 256 g/mol. The molecule has 1 fully saturated rings. The number of nitrogens with one attached hydrogen (secondary N) is 1. The van der Waals surface area contributed by atoms with Gasteiger partial charge >= 0.3 is 12.1 Å². The van der Waals surface area contributed by atoms with Crippen molar-refractivity contribution in [2.45, 2.75) is 32.8 Å². The maximum Gasteiger partial charge on any atom is 0.410 e. The highest BCUT2D eigenvalue weighted by atomic mass is 16.6. The molecule has 0 saturated carbocycles. The number of methoxy groups -OCH3 is 1. The standard InChI is InChI=1S/C12H20N2O4/c1-12(2,3)18-11(16)14-6-5-9(13)8(7-14)10(15)17-4/h8,13H,5-7H2,1-4H3. The molecule has 1 aliphatic rings. The molecule has 1 N–H and O–H groups in total. The first-order valence-electron chi connectivity index (χ1n) is 5.87. The third kappa shape index (κ3) is 3.72. The van der Waals surface area contributed by atoms with Crippen LogP contribution >= 0.6 is 0 Å². The van der Waals surface area contributed by atoms with Crippen LogP contribution < -0.4 is 0 Å². The van der Waals surface area contributed by atoms with Gasteiger partial charge in [-0.1, -0.05) is 0 Å². The predicted octanol–water partition coefficient (Wildman–Crippen LogP) is 1.44. The normalized spacial score (nSPS) is 20.6. The van der Waals surface area contributed by atoms with Crippen LogP contribution in [-0.2, 0) is 14.3 Å². The molecule has 102 valence electrons. The fourth-order valence-electron chi connectivity index (χ4n) is 1.70. The van der Waals surface area contributed by atoms with E-state index in [0.717, 1.165) is 0 Å². The van der Waals surface area contributed by atoms with Gasteiger partial charge in [-0.3, -0.25) is 4.79 Å². The zero-order valence-electron chi connectivity index (χ0n) is 11.3. The maximum atomic E-state index is 11.9. The fraction of sp³-hybridized carbons (Fsp3) is 0.750. The third-order valence-electron chi connectivity index (χ3n) is 2.61. The molecule has 1 amide bonds. The minimum Gasteiger partial charge on any atom is -0.468 e. The van der Waals surface area contributed by atoms with Gasteiger partial charge in [0.2, 0.25) is 0 Å². The topological polar surface area (TPSA) is 79.7 Å². The zero-order valence-corrected chi connectivity index (χ0v) is 11.3. The average Bonchev–Trinajstić information content (AvgIpc) is 2.26. The molecule has 1 heterocycles. The highest BCUT2D eigenvalue weighted by Gasteiger charge is 2.34. The number of piperidine rings is 1. The Morgan fingerprint density at radius 3 is 2.50 bits per heavy atom. The van der Waals surface area contributed by atoms with E-state index in [9.17, 15) is 9.59 Å². The number of hydrogen-bond acceptors (Lipinski definition) is 5. The Morgan fingerprint density at radius 2 is 2.00 bits per heavy atom. The van der Waals surface area contributed by atoms with Crippen molar-refractivity contribution in [3.05, 3.63) is 0 Å². The molecule has 0 spiro atoms. The first-order chi connectivity index (χ1) is 8.24. The van der Waals surface area contributed by atoms with E-state index < -0.39 is 23.6 Å². The summed E-state index contributed by atoms with van der Waals surface area (Å²) in [5.74, 6) is -1.15. The van der Waals surface area contributed by atoms with E-state index in [0.29, 0.717) is 18.7 Å². The third-order valence-corrected chi connectivity index (χ3v) is 2.61. The molecule has 1 saturated heterocycles. The van der Waals surface area contributed by atoms with E-state index in [1.165, 1.54) is 12.0 Å². The summed E-state index contributed by atoms with van der Waals surface area (Å²) in [5.41, 5.74) is -0.260. The van der Waals surface area contributed by atoms with Crippen LogP contribution in [-0.4, -0.2) is 48.5 Å². The molecule has 0 aromatic rings. The summed E-state index contributed by atoms with van der Waals surface area (Å²) in [7, 11) is 1.28. The quantitative estimate of drug-likeness (QED) is 0.720. The fourth-order valence-corrected chi connectivity index (χ4v) is 1.70. The summed E-state index contributed by atoms with van der Waals surface area (Å²) < 4.78 is 9.87. The van der Waals surface area contributed by atoms with Crippen LogP contribution in [0.2, 0.25) is 0 Å². The first kappa shape index (κ1) is 14.5. The second kappa shape index (κ2) is 5.37. The molecule has 0 aromatic carbocycles. The van der Waals surface area contributed by atoms with E-state index in [1.54, 1.807) is 20.8 Å². The van der Waals surface area contributed by atoms with Crippen molar-refractivity contribution >= 4 is 17.8 Å². The van der Waals surface area contributed by atoms with E-state index in [4.69, 9.17) is 10.1 Å². The number of hydrogen-bond donors (Lipinski definition) is 1. The lowest BCUT2D eigenvalue weighted by atomic mass is 9.96. The van der Waals surface area contributed by atoms with Crippen LogP contribution in [0, 0.1) is 11.3 Å². The highest BCUT2D eigenvalue weighted by Crippen LogP contribution is 2.18. The number of ether oxygens (including phenoxy) is 2. The predicted molar refractivity (Wildman–Crippen MR) is 65.7 cm³/mol. The van der Waals surface area contributed by atoms with E-state index >= 15 is 0 Å². The van der Waals surface area contributed by atoms with Crippen LogP contribution in [0.5, 0.6) is 0 Å². The maximum absolute atomic E-state index is 11.9. The summed E-state index contributed by atoms with van der Waals surface area (Å²) in [4.78, 5) is 24.8. The van der Waals surface area contributed by atoms with E-state index in [-0.39, 0.29) is 6.54 Å². The lowest BCUT2D eigenvalue weighted by Gasteiger charge is -2.33. The SMILES string of the molecule is COC(=O)C1CN(C(=O)OC(C)(C)C)CCC1=N. The number of likely N-dealkylation sites (tertiary alicyclic amines) is 1. The molecule has 0 radical (unpaired) electrons. The Labute approximate surface area is 107 Å². The van der Waals surface area contributed by atoms with Crippen LogP contribution in [0.3, 0.4) is 0 Å². The Hall–Kier alpha value is -1.59. The molecule has 1 unspecified atom stereocenters. The summed E-state index contributed by atoms with van der Waals surface area (Å²) in [6, 6.07) is 0. The number of rotatable bonds is 1. The van der Waals surface area contributed by atoms with Crippen molar-refractivity contribution in [1.29, 1.82) is 5.41 Å². The van der Waals surface area contributed by atoms with E-state index in [2.05, 4.69) is 4.74 Å². The summed E-state index contributed by atoms with van der Waals surface area (Å²) in [6.07, 6.45) is -0.0807. The van der Waals surface area contributed by atoms with Gasteiger partial charge in [0.15, 0.2) is 0 Å². The second-order valence-electron chi connectivity index (χ2n) is 5.28. The molecule has 18 heavy (non-hydrogen) atoms. The molecule has 0 aliphatic carbocycles. The number of carbonyl (C=O) groups excluding carboxylic acids is 2. The molecule has 1 atom stereocenters. The van der Waals surface area contributed by atoms with Gasteiger partial charge in [0.05, 0.1) is 7.11 Å². The summed E-state index contributed by atoms with van der Waals surface area (Å²) >= 11 is 0. The molecule has 0 aromatic heterocycles. The minimum atomic E-state index is -0.670. The molecule has 6 nitrogen and oxygen atoms in total. The number of esters is 1. The number of carbonyl (C=O) groups is 2.